The highest BCUT2D eigenvalue weighted by molar-refractivity contribution is 4.88. The second kappa shape index (κ2) is 7.26. The van der Waals surface area contributed by atoms with E-state index in [2.05, 4.69) is 4.90 Å². The van der Waals surface area contributed by atoms with Gasteiger partial charge in [-0.1, -0.05) is 38.5 Å². The van der Waals surface area contributed by atoms with E-state index in [0.717, 1.165) is 18.0 Å². The summed E-state index contributed by atoms with van der Waals surface area (Å²) in [7, 11) is 0. The van der Waals surface area contributed by atoms with Gasteiger partial charge in [-0.25, -0.2) is 0 Å². The highest BCUT2D eigenvalue weighted by Gasteiger charge is 2.32. The van der Waals surface area contributed by atoms with Gasteiger partial charge < -0.3 is 5.73 Å². The minimum atomic E-state index is 0.490. The quantitative estimate of drug-likeness (QED) is 0.793. The maximum atomic E-state index is 6.36. The largest absolute Gasteiger partial charge is 0.327 e. The summed E-state index contributed by atoms with van der Waals surface area (Å²) in [5.74, 6) is 0.870. The Labute approximate surface area is 125 Å². The lowest BCUT2D eigenvalue weighted by atomic mass is 9.88. The molecule has 0 saturated heterocycles. The molecule has 2 nitrogen and oxygen atoms in total. The van der Waals surface area contributed by atoms with Crippen molar-refractivity contribution in [1.29, 1.82) is 0 Å². The first-order chi connectivity index (χ1) is 9.84. The van der Waals surface area contributed by atoms with Crippen LogP contribution in [0.2, 0.25) is 0 Å². The Morgan fingerprint density at radius 1 is 0.750 bits per heavy atom. The van der Waals surface area contributed by atoms with Crippen LogP contribution in [0.4, 0.5) is 0 Å². The van der Waals surface area contributed by atoms with Gasteiger partial charge in [0.15, 0.2) is 0 Å². The zero-order chi connectivity index (χ0) is 13.8. The van der Waals surface area contributed by atoms with Crippen molar-refractivity contribution in [2.75, 3.05) is 6.54 Å². The first kappa shape index (κ1) is 14.8. The molecule has 0 radical (unpaired) electrons. The van der Waals surface area contributed by atoms with Crippen molar-refractivity contribution in [3.05, 3.63) is 0 Å². The fraction of sp³-hybridized carbons (Fsp3) is 1.00. The summed E-state index contributed by atoms with van der Waals surface area (Å²) in [6.07, 6.45) is 18.6. The van der Waals surface area contributed by atoms with Crippen molar-refractivity contribution in [2.24, 2.45) is 11.7 Å². The van der Waals surface area contributed by atoms with Gasteiger partial charge in [0.1, 0.15) is 0 Å². The molecule has 0 aromatic carbocycles. The summed E-state index contributed by atoms with van der Waals surface area (Å²) >= 11 is 0. The van der Waals surface area contributed by atoms with Crippen LogP contribution in [0.5, 0.6) is 0 Å². The van der Waals surface area contributed by atoms with Crippen LogP contribution in [0.25, 0.3) is 0 Å². The molecule has 0 bridgehead atoms. The molecule has 2 N–H and O–H groups in total. The molecule has 0 spiro atoms. The molecule has 0 heterocycles. The Balaban J connectivity index is 1.55. The standard InChI is InChI=1S/C18H34N2/c19-18(15-11-12-15)13-14-20(16-7-3-1-4-8-16)17-9-5-2-6-10-17/h15-18H,1-14,19H2. The number of nitrogens with zero attached hydrogens (tertiary/aromatic N) is 1. The van der Waals surface area contributed by atoms with Gasteiger partial charge in [0, 0.05) is 24.7 Å². The van der Waals surface area contributed by atoms with Crippen molar-refractivity contribution >= 4 is 0 Å². The Kier molecular flexibility index (Phi) is 5.39. The lowest BCUT2D eigenvalue weighted by Crippen LogP contribution is -2.47. The summed E-state index contributed by atoms with van der Waals surface area (Å²) in [5.41, 5.74) is 6.36. The molecule has 3 rings (SSSR count). The summed E-state index contributed by atoms with van der Waals surface area (Å²) in [4.78, 5) is 2.92. The highest BCUT2D eigenvalue weighted by atomic mass is 15.2. The maximum absolute atomic E-state index is 6.36. The van der Waals surface area contributed by atoms with Crippen molar-refractivity contribution in [3.63, 3.8) is 0 Å². The third-order valence-electron chi connectivity index (χ3n) is 6.04. The third kappa shape index (κ3) is 3.98. The number of nitrogens with two attached hydrogens (primary N) is 1. The summed E-state index contributed by atoms with van der Waals surface area (Å²) in [6.45, 7) is 1.28. The molecule has 1 unspecified atom stereocenters. The van der Waals surface area contributed by atoms with Gasteiger partial charge in [-0.2, -0.15) is 0 Å². The van der Waals surface area contributed by atoms with Crippen molar-refractivity contribution in [2.45, 2.75) is 102 Å². The number of rotatable bonds is 6. The van der Waals surface area contributed by atoms with Gasteiger partial charge in [-0.15, -0.1) is 0 Å². The molecule has 20 heavy (non-hydrogen) atoms. The monoisotopic (exact) mass is 278 g/mol. The van der Waals surface area contributed by atoms with Gasteiger partial charge in [-0.3, -0.25) is 4.90 Å². The zero-order valence-corrected chi connectivity index (χ0v) is 13.2. The Hall–Kier alpha value is -0.0800. The van der Waals surface area contributed by atoms with Crippen LogP contribution < -0.4 is 5.73 Å². The second-order valence-corrected chi connectivity index (χ2v) is 7.61. The molecule has 0 aromatic heterocycles. The SMILES string of the molecule is NC(CCN(C1CCCCC1)C1CCCCC1)C1CC1. The van der Waals surface area contributed by atoms with Crippen LogP contribution in [0.1, 0.15) is 83.5 Å². The molecule has 2 heteroatoms. The molecule has 3 aliphatic carbocycles. The van der Waals surface area contributed by atoms with Gasteiger partial charge in [0.25, 0.3) is 0 Å². The second-order valence-electron chi connectivity index (χ2n) is 7.61. The predicted molar refractivity (Wildman–Crippen MR) is 85.8 cm³/mol. The molecule has 3 aliphatic rings. The van der Waals surface area contributed by atoms with E-state index in [9.17, 15) is 0 Å². The van der Waals surface area contributed by atoms with E-state index in [1.807, 2.05) is 0 Å². The topological polar surface area (TPSA) is 29.3 Å². The molecule has 1 atom stereocenters. The first-order valence-corrected chi connectivity index (χ1v) is 9.36. The molecule has 0 aliphatic heterocycles. The van der Waals surface area contributed by atoms with E-state index in [4.69, 9.17) is 5.73 Å². The molecule has 0 amide bonds. The van der Waals surface area contributed by atoms with E-state index < -0.39 is 0 Å². The average Bonchev–Trinajstić information content (AvgIpc) is 3.34. The van der Waals surface area contributed by atoms with Crippen LogP contribution in [0.15, 0.2) is 0 Å². The minimum Gasteiger partial charge on any atom is -0.327 e. The fourth-order valence-corrected chi connectivity index (χ4v) is 4.55. The lowest BCUT2D eigenvalue weighted by Gasteiger charge is -2.42. The smallest absolute Gasteiger partial charge is 0.00982 e. The Morgan fingerprint density at radius 3 is 1.70 bits per heavy atom. The fourth-order valence-electron chi connectivity index (χ4n) is 4.55. The normalized spacial score (nSPS) is 27.9. The van der Waals surface area contributed by atoms with Crippen LogP contribution in [-0.4, -0.2) is 29.6 Å². The van der Waals surface area contributed by atoms with Crippen LogP contribution in [-0.2, 0) is 0 Å². The molecule has 3 saturated carbocycles. The Bertz CT molecular complexity index is 257. The van der Waals surface area contributed by atoms with Gasteiger partial charge in [-0.05, 0) is 50.9 Å². The first-order valence-electron chi connectivity index (χ1n) is 9.36. The summed E-state index contributed by atoms with van der Waals surface area (Å²) in [5, 5.41) is 0. The van der Waals surface area contributed by atoms with Crippen LogP contribution >= 0.6 is 0 Å². The number of hydrogen-bond donors (Lipinski definition) is 1. The highest BCUT2D eigenvalue weighted by Crippen LogP contribution is 2.34. The molecule has 0 aromatic rings. The molecular formula is C18H34N2. The Morgan fingerprint density at radius 2 is 1.25 bits per heavy atom. The van der Waals surface area contributed by atoms with Crippen molar-refractivity contribution in [1.82, 2.24) is 4.90 Å². The average molecular weight is 278 g/mol. The van der Waals surface area contributed by atoms with E-state index in [-0.39, 0.29) is 0 Å². The van der Waals surface area contributed by atoms with E-state index in [1.54, 1.807) is 0 Å². The van der Waals surface area contributed by atoms with E-state index in [1.165, 1.54) is 90.0 Å². The number of hydrogen-bond acceptors (Lipinski definition) is 2. The van der Waals surface area contributed by atoms with Gasteiger partial charge >= 0.3 is 0 Å². The van der Waals surface area contributed by atoms with Crippen LogP contribution in [0, 0.1) is 5.92 Å². The van der Waals surface area contributed by atoms with E-state index >= 15 is 0 Å². The minimum absolute atomic E-state index is 0.490. The predicted octanol–water partition coefficient (Wildman–Crippen LogP) is 4.08. The third-order valence-corrected chi connectivity index (χ3v) is 6.04. The zero-order valence-electron chi connectivity index (χ0n) is 13.2. The van der Waals surface area contributed by atoms with Gasteiger partial charge in [0.2, 0.25) is 0 Å². The lowest BCUT2D eigenvalue weighted by molar-refractivity contribution is 0.0769. The summed E-state index contributed by atoms with van der Waals surface area (Å²) in [6, 6.07) is 2.26. The van der Waals surface area contributed by atoms with Crippen molar-refractivity contribution in [3.8, 4) is 0 Å². The molecule has 116 valence electrons. The van der Waals surface area contributed by atoms with Crippen molar-refractivity contribution < 1.29 is 0 Å². The molecular weight excluding hydrogens is 244 g/mol. The molecule has 3 fully saturated rings. The van der Waals surface area contributed by atoms with Gasteiger partial charge in [0.05, 0.1) is 0 Å². The van der Waals surface area contributed by atoms with Crippen LogP contribution in [0.3, 0.4) is 0 Å². The maximum Gasteiger partial charge on any atom is 0.00982 e. The van der Waals surface area contributed by atoms with E-state index in [0.29, 0.717) is 6.04 Å². The summed E-state index contributed by atoms with van der Waals surface area (Å²) < 4.78 is 0.